The van der Waals surface area contributed by atoms with E-state index in [-0.39, 0.29) is 11.8 Å². The van der Waals surface area contributed by atoms with Crippen LogP contribution >= 0.6 is 0 Å². The summed E-state index contributed by atoms with van der Waals surface area (Å²) in [5.74, 6) is -1.00. The van der Waals surface area contributed by atoms with Gasteiger partial charge in [0.2, 0.25) is 17.6 Å². The van der Waals surface area contributed by atoms with Gasteiger partial charge in [-0.1, -0.05) is 17.3 Å². The molecule has 126 valence electrons. The van der Waals surface area contributed by atoms with Crippen LogP contribution in [-0.4, -0.2) is 34.2 Å². The van der Waals surface area contributed by atoms with Gasteiger partial charge in [0.05, 0.1) is 18.9 Å². The summed E-state index contributed by atoms with van der Waals surface area (Å²) in [6.07, 6.45) is 0.368. The SMILES string of the molecule is COc1cccc(-c2noc([C@H](C)NC(=O)[C@@H]3C[C@@H]3C(=O)O)n2)c1. The lowest BCUT2D eigenvalue weighted by Crippen LogP contribution is -2.29. The van der Waals surface area contributed by atoms with Crippen LogP contribution in [-0.2, 0) is 9.59 Å². The molecule has 0 unspecified atom stereocenters. The fraction of sp³-hybridized carbons (Fsp3) is 0.375. The molecule has 8 heteroatoms. The second-order valence-electron chi connectivity index (χ2n) is 5.71. The fourth-order valence-corrected chi connectivity index (χ4v) is 2.43. The minimum atomic E-state index is -0.944. The summed E-state index contributed by atoms with van der Waals surface area (Å²) in [6.45, 7) is 1.71. The van der Waals surface area contributed by atoms with Crippen LogP contribution in [0.3, 0.4) is 0 Å². The van der Waals surface area contributed by atoms with Crippen molar-refractivity contribution in [3.8, 4) is 17.1 Å². The van der Waals surface area contributed by atoms with Crippen molar-refractivity contribution >= 4 is 11.9 Å². The predicted molar refractivity (Wildman–Crippen MR) is 82.1 cm³/mol. The first-order valence-electron chi connectivity index (χ1n) is 7.50. The molecule has 1 aromatic carbocycles. The van der Waals surface area contributed by atoms with E-state index in [0.29, 0.717) is 18.0 Å². The van der Waals surface area contributed by atoms with E-state index in [1.807, 2.05) is 18.2 Å². The molecule has 2 N–H and O–H groups in total. The first-order chi connectivity index (χ1) is 11.5. The fourth-order valence-electron chi connectivity index (χ4n) is 2.43. The smallest absolute Gasteiger partial charge is 0.307 e. The summed E-state index contributed by atoms with van der Waals surface area (Å²) < 4.78 is 10.4. The van der Waals surface area contributed by atoms with E-state index < -0.39 is 23.8 Å². The number of amides is 1. The number of aliphatic carboxylic acids is 1. The number of rotatable bonds is 6. The Kier molecular flexibility index (Phi) is 4.20. The molecular weight excluding hydrogens is 314 g/mol. The normalized spacial score (nSPS) is 20.2. The molecule has 1 heterocycles. The van der Waals surface area contributed by atoms with Crippen LogP contribution < -0.4 is 10.1 Å². The van der Waals surface area contributed by atoms with Crippen molar-refractivity contribution in [3.63, 3.8) is 0 Å². The summed E-state index contributed by atoms with van der Waals surface area (Å²) >= 11 is 0. The summed E-state index contributed by atoms with van der Waals surface area (Å²) in [4.78, 5) is 27.1. The van der Waals surface area contributed by atoms with Crippen molar-refractivity contribution in [3.05, 3.63) is 30.2 Å². The van der Waals surface area contributed by atoms with E-state index in [2.05, 4.69) is 15.5 Å². The number of ether oxygens (including phenoxy) is 1. The molecule has 0 spiro atoms. The van der Waals surface area contributed by atoms with Gasteiger partial charge in [-0.15, -0.1) is 0 Å². The van der Waals surface area contributed by atoms with Crippen LogP contribution in [0.2, 0.25) is 0 Å². The minimum Gasteiger partial charge on any atom is -0.497 e. The number of carbonyl (C=O) groups is 2. The zero-order chi connectivity index (χ0) is 17.3. The highest BCUT2D eigenvalue weighted by atomic mass is 16.5. The van der Waals surface area contributed by atoms with Crippen molar-refractivity contribution in [2.45, 2.75) is 19.4 Å². The van der Waals surface area contributed by atoms with Crippen LogP contribution in [0, 0.1) is 11.8 Å². The molecular formula is C16H17N3O5. The third-order valence-electron chi connectivity index (χ3n) is 3.94. The van der Waals surface area contributed by atoms with Gasteiger partial charge in [0.15, 0.2) is 0 Å². The van der Waals surface area contributed by atoms with E-state index in [9.17, 15) is 9.59 Å². The van der Waals surface area contributed by atoms with Gasteiger partial charge in [-0.2, -0.15) is 4.98 Å². The number of benzene rings is 1. The second-order valence-corrected chi connectivity index (χ2v) is 5.71. The van der Waals surface area contributed by atoms with Crippen molar-refractivity contribution in [1.29, 1.82) is 0 Å². The second kappa shape index (κ2) is 6.31. The zero-order valence-corrected chi connectivity index (χ0v) is 13.2. The molecule has 1 amide bonds. The lowest BCUT2D eigenvalue weighted by Gasteiger charge is -2.08. The Hall–Kier alpha value is -2.90. The minimum absolute atomic E-state index is 0.258. The molecule has 2 aromatic rings. The molecule has 0 radical (unpaired) electrons. The molecule has 1 aliphatic rings. The summed E-state index contributed by atoms with van der Waals surface area (Å²) in [5, 5.41) is 15.5. The average Bonchev–Trinajstić information content (AvgIpc) is 3.24. The van der Waals surface area contributed by atoms with Crippen LogP contribution in [0.4, 0.5) is 0 Å². The highest BCUT2D eigenvalue weighted by molar-refractivity contribution is 5.89. The molecule has 0 saturated heterocycles. The summed E-state index contributed by atoms with van der Waals surface area (Å²) in [6, 6.07) is 6.72. The Morgan fingerprint density at radius 2 is 2.21 bits per heavy atom. The number of hydrogen-bond donors (Lipinski definition) is 2. The number of methoxy groups -OCH3 is 1. The first-order valence-corrected chi connectivity index (χ1v) is 7.50. The molecule has 8 nitrogen and oxygen atoms in total. The lowest BCUT2D eigenvalue weighted by molar-refractivity contribution is -0.140. The van der Waals surface area contributed by atoms with Gasteiger partial charge >= 0.3 is 5.97 Å². The maximum absolute atomic E-state index is 12.0. The Labute approximate surface area is 137 Å². The Morgan fingerprint density at radius 3 is 2.88 bits per heavy atom. The number of nitrogens with one attached hydrogen (secondary N) is 1. The Morgan fingerprint density at radius 1 is 1.42 bits per heavy atom. The molecule has 1 saturated carbocycles. The number of hydrogen-bond acceptors (Lipinski definition) is 6. The maximum Gasteiger partial charge on any atom is 0.307 e. The molecule has 0 aliphatic heterocycles. The van der Waals surface area contributed by atoms with E-state index in [4.69, 9.17) is 14.4 Å². The topological polar surface area (TPSA) is 115 Å². The molecule has 1 aliphatic carbocycles. The first kappa shape index (κ1) is 16.0. The van der Waals surface area contributed by atoms with Gasteiger partial charge in [0.25, 0.3) is 0 Å². The maximum atomic E-state index is 12.0. The van der Waals surface area contributed by atoms with E-state index in [1.54, 1.807) is 20.1 Å². The van der Waals surface area contributed by atoms with Gasteiger partial charge in [0.1, 0.15) is 11.8 Å². The van der Waals surface area contributed by atoms with E-state index in [1.165, 1.54) is 0 Å². The molecule has 24 heavy (non-hydrogen) atoms. The largest absolute Gasteiger partial charge is 0.497 e. The van der Waals surface area contributed by atoms with Crippen LogP contribution in [0.5, 0.6) is 5.75 Å². The number of carboxylic acids is 1. The Balaban J connectivity index is 1.66. The average molecular weight is 331 g/mol. The summed E-state index contributed by atoms with van der Waals surface area (Å²) in [5.41, 5.74) is 0.732. The van der Waals surface area contributed by atoms with Gasteiger partial charge < -0.3 is 19.7 Å². The van der Waals surface area contributed by atoms with Crippen molar-refractivity contribution in [2.24, 2.45) is 11.8 Å². The number of carboxylic acid groups (broad SMARTS) is 1. The van der Waals surface area contributed by atoms with Gasteiger partial charge in [-0.3, -0.25) is 9.59 Å². The third-order valence-corrected chi connectivity index (χ3v) is 3.94. The van der Waals surface area contributed by atoms with Gasteiger partial charge in [-0.25, -0.2) is 0 Å². The molecule has 0 bridgehead atoms. The standard InChI is InChI=1S/C16H17N3O5/c1-8(17-14(20)11-7-12(11)16(21)22)15-18-13(19-24-15)9-4-3-5-10(6-9)23-2/h3-6,8,11-12H,7H2,1-2H3,(H,17,20)(H,21,22)/t8-,11+,12-/m0/s1. The third kappa shape index (κ3) is 3.22. The van der Waals surface area contributed by atoms with Gasteiger partial charge in [0, 0.05) is 5.56 Å². The van der Waals surface area contributed by atoms with Crippen molar-refractivity contribution in [2.75, 3.05) is 7.11 Å². The van der Waals surface area contributed by atoms with Crippen LogP contribution in [0.1, 0.15) is 25.3 Å². The van der Waals surface area contributed by atoms with Gasteiger partial charge in [-0.05, 0) is 25.5 Å². The van der Waals surface area contributed by atoms with E-state index in [0.717, 1.165) is 5.56 Å². The monoisotopic (exact) mass is 331 g/mol. The van der Waals surface area contributed by atoms with Crippen molar-refractivity contribution in [1.82, 2.24) is 15.5 Å². The molecule has 3 rings (SSSR count). The zero-order valence-electron chi connectivity index (χ0n) is 13.2. The highest BCUT2D eigenvalue weighted by Crippen LogP contribution is 2.39. The van der Waals surface area contributed by atoms with Crippen LogP contribution in [0.15, 0.2) is 28.8 Å². The molecule has 1 fully saturated rings. The number of nitrogens with zero attached hydrogens (tertiary/aromatic N) is 2. The van der Waals surface area contributed by atoms with Crippen molar-refractivity contribution < 1.29 is 24.0 Å². The number of aromatic nitrogens is 2. The number of carbonyl (C=O) groups excluding carboxylic acids is 1. The molecule has 1 aromatic heterocycles. The lowest BCUT2D eigenvalue weighted by atomic mass is 10.2. The summed E-state index contributed by atoms with van der Waals surface area (Å²) in [7, 11) is 1.57. The van der Waals surface area contributed by atoms with E-state index >= 15 is 0 Å². The predicted octanol–water partition coefficient (Wildman–Crippen LogP) is 1.64. The van der Waals surface area contributed by atoms with Crippen LogP contribution in [0.25, 0.3) is 11.4 Å². The highest BCUT2D eigenvalue weighted by Gasteiger charge is 2.48. The Bertz CT molecular complexity index is 773. The quantitative estimate of drug-likeness (QED) is 0.827. The molecule has 3 atom stereocenters.